The Morgan fingerprint density at radius 1 is 1.65 bits per heavy atom. The second kappa shape index (κ2) is 7.28. The van der Waals surface area contributed by atoms with E-state index in [1.165, 1.54) is 11.3 Å². The fourth-order valence-corrected chi connectivity index (χ4v) is 2.39. The summed E-state index contributed by atoms with van der Waals surface area (Å²) in [5.41, 5.74) is 0. The van der Waals surface area contributed by atoms with Gasteiger partial charge in [0.15, 0.2) is 0 Å². The number of hydrogen-bond donors (Lipinski definition) is 0. The quantitative estimate of drug-likeness (QED) is 0.799. The summed E-state index contributed by atoms with van der Waals surface area (Å²) in [4.78, 5) is 14.2. The average Bonchev–Trinajstić information content (AvgIpc) is 2.75. The molecule has 92 valence electrons. The van der Waals surface area contributed by atoms with Crippen LogP contribution < -0.4 is 0 Å². The van der Waals surface area contributed by atoms with Crippen LogP contribution in [0.3, 0.4) is 0 Å². The molecule has 0 atom stereocenters. The summed E-state index contributed by atoms with van der Waals surface area (Å²) in [5, 5.41) is 10.8. The van der Waals surface area contributed by atoms with Crippen molar-refractivity contribution < 1.29 is 9.53 Å². The minimum atomic E-state index is -0.141. The molecule has 1 amide bonds. The molecule has 1 rings (SSSR count). The van der Waals surface area contributed by atoms with Gasteiger partial charge in [-0.25, -0.2) is 0 Å². The minimum absolute atomic E-state index is 0.141. The van der Waals surface area contributed by atoms with Crippen molar-refractivity contribution in [2.45, 2.75) is 6.42 Å². The molecule has 0 aliphatic heterocycles. The summed E-state index contributed by atoms with van der Waals surface area (Å²) in [6.45, 7) is 1.30. The zero-order valence-electron chi connectivity index (χ0n) is 9.48. The molecule has 0 saturated carbocycles. The number of ether oxygens (including phenoxy) is 1. The molecule has 0 fully saturated rings. The second-order valence-electron chi connectivity index (χ2n) is 3.29. The molecule has 0 bridgehead atoms. The third-order valence-electron chi connectivity index (χ3n) is 2.16. The first-order valence-electron chi connectivity index (χ1n) is 5.09. The number of halogens is 1. The van der Waals surface area contributed by atoms with Gasteiger partial charge in [0.1, 0.15) is 4.88 Å². The van der Waals surface area contributed by atoms with Crippen LogP contribution in [0.1, 0.15) is 16.1 Å². The number of carbonyl (C=O) groups is 1. The first kappa shape index (κ1) is 14.0. The van der Waals surface area contributed by atoms with Gasteiger partial charge in [-0.2, -0.15) is 5.26 Å². The zero-order valence-corrected chi connectivity index (χ0v) is 11.1. The number of carbonyl (C=O) groups excluding carboxylic acids is 1. The number of thiophene rings is 1. The molecule has 1 heterocycles. The molecule has 0 saturated heterocycles. The first-order valence-corrected chi connectivity index (χ1v) is 6.34. The van der Waals surface area contributed by atoms with E-state index in [2.05, 4.69) is 0 Å². The predicted molar refractivity (Wildman–Crippen MR) is 67.3 cm³/mol. The fraction of sp³-hybridized carbons (Fsp3) is 0.455. The Kier molecular flexibility index (Phi) is 5.98. The number of nitriles is 1. The Morgan fingerprint density at radius 2 is 2.41 bits per heavy atom. The van der Waals surface area contributed by atoms with Gasteiger partial charge in [0.05, 0.1) is 24.1 Å². The summed E-state index contributed by atoms with van der Waals surface area (Å²) >= 11 is 7.22. The van der Waals surface area contributed by atoms with Crippen molar-refractivity contribution in [1.82, 2.24) is 4.90 Å². The molecule has 1 aromatic rings. The predicted octanol–water partition coefficient (Wildman–Crippen LogP) is 2.40. The summed E-state index contributed by atoms with van der Waals surface area (Å²) in [7, 11) is 1.57. The topological polar surface area (TPSA) is 53.3 Å². The van der Waals surface area contributed by atoms with Gasteiger partial charge < -0.3 is 9.64 Å². The third kappa shape index (κ3) is 4.00. The number of rotatable bonds is 6. The van der Waals surface area contributed by atoms with E-state index in [4.69, 9.17) is 21.6 Å². The maximum absolute atomic E-state index is 12.1. The highest BCUT2D eigenvalue weighted by atomic mass is 35.5. The van der Waals surface area contributed by atoms with Gasteiger partial charge in [-0.1, -0.05) is 11.6 Å². The molecule has 0 aliphatic carbocycles. The minimum Gasteiger partial charge on any atom is -0.383 e. The van der Waals surface area contributed by atoms with E-state index in [0.717, 1.165) is 0 Å². The molecule has 4 nitrogen and oxygen atoms in total. The molecule has 1 aromatic heterocycles. The van der Waals surface area contributed by atoms with Crippen molar-refractivity contribution in [2.75, 3.05) is 26.8 Å². The van der Waals surface area contributed by atoms with Crippen molar-refractivity contribution in [1.29, 1.82) is 5.26 Å². The molecule has 0 aromatic carbocycles. The van der Waals surface area contributed by atoms with Crippen molar-refractivity contribution in [2.24, 2.45) is 0 Å². The molecule has 0 N–H and O–H groups in total. The Bertz CT molecular complexity index is 414. The molecular formula is C11H13ClN2O2S. The standard InChI is InChI=1S/C11H13ClN2O2S/c1-16-7-6-14(5-2-4-13)11(15)10-9(12)3-8-17-10/h3,8H,2,5-7H2,1H3. The number of nitrogens with zero attached hydrogens (tertiary/aromatic N) is 2. The average molecular weight is 273 g/mol. The lowest BCUT2D eigenvalue weighted by atomic mass is 10.3. The summed E-state index contributed by atoms with van der Waals surface area (Å²) in [6, 6.07) is 3.72. The Hall–Kier alpha value is -1.09. The van der Waals surface area contributed by atoms with E-state index in [0.29, 0.717) is 36.0 Å². The molecule has 0 unspecified atom stereocenters. The van der Waals surface area contributed by atoms with Gasteiger partial charge in [-0.3, -0.25) is 4.79 Å². The highest BCUT2D eigenvalue weighted by Gasteiger charge is 2.19. The van der Waals surface area contributed by atoms with Crippen LogP contribution in [0.15, 0.2) is 11.4 Å². The van der Waals surface area contributed by atoms with Crippen LogP contribution in [0.5, 0.6) is 0 Å². The van der Waals surface area contributed by atoms with Crippen LogP contribution in [0.4, 0.5) is 0 Å². The third-order valence-corrected chi connectivity index (χ3v) is 3.49. The van der Waals surface area contributed by atoms with E-state index >= 15 is 0 Å². The van der Waals surface area contributed by atoms with Gasteiger partial charge >= 0.3 is 0 Å². The largest absolute Gasteiger partial charge is 0.383 e. The van der Waals surface area contributed by atoms with Crippen LogP contribution in [0.25, 0.3) is 0 Å². The Balaban J connectivity index is 2.72. The van der Waals surface area contributed by atoms with Crippen molar-refractivity contribution in [3.63, 3.8) is 0 Å². The number of hydrogen-bond acceptors (Lipinski definition) is 4. The van der Waals surface area contributed by atoms with Gasteiger partial charge in [0.2, 0.25) is 0 Å². The lowest BCUT2D eigenvalue weighted by molar-refractivity contribution is 0.0705. The van der Waals surface area contributed by atoms with Crippen molar-refractivity contribution in [3.05, 3.63) is 21.3 Å². The van der Waals surface area contributed by atoms with Crippen LogP contribution in [-0.4, -0.2) is 37.6 Å². The van der Waals surface area contributed by atoms with Crippen LogP contribution in [0.2, 0.25) is 5.02 Å². The fourth-order valence-electron chi connectivity index (χ4n) is 1.29. The monoisotopic (exact) mass is 272 g/mol. The van der Waals surface area contributed by atoms with Crippen LogP contribution in [0, 0.1) is 11.3 Å². The Labute approximate surface area is 109 Å². The first-order chi connectivity index (χ1) is 8.20. The zero-order chi connectivity index (χ0) is 12.7. The highest BCUT2D eigenvalue weighted by Crippen LogP contribution is 2.23. The van der Waals surface area contributed by atoms with Gasteiger partial charge in [-0.05, 0) is 11.4 Å². The van der Waals surface area contributed by atoms with Crippen molar-refractivity contribution >= 4 is 28.8 Å². The van der Waals surface area contributed by atoms with Crippen LogP contribution in [-0.2, 0) is 4.74 Å². The normalized spacial score (nSPS) is 9.94. The molecule has 17 heavy (non-hydrogen) atoms. The van der Waals surface area contributed by atoms with Gasteiger partial charge in [0.25, 0.3) is 5.91 Å². The van der Waals surface area contributed by atoms with E-state index in [-0.39, 0.29) is 5.91 Å². The van der Waals surface area contributed by atoms with Crippen molar-refractivity contribution in [3.8, 4) is 6.07 Å². The smallest absolute Gasteiger partial charge is 0.265 e. The maximum atomic E-state index is 12.1. The lowest BCUT2D eigenvalue weighted by Gasteiger charge is -2.20. The molecule has 6 heteroatoms. The molecule has 0 radical (unpaired) electrons. The highest BCUT2D eigenvalue weighted by molar-refractivity contribution is 7.12. The molecule has 0 aliphatic rings. The van der Waals surface area contributed by atoms with Gasteiger partial charge in [0, 0.05) is 20.2 Å². The van der Waals surface area contributed by atoms with E-state index in [1.807, 2.05) is 6.07 Å². The summed E-state index contributed by atoms with van der Waals surface area (Å²) in [6.07, 6.45) is 0.304. The maximum Gasteiger partial charge on any atom is 0.265 e. The lowest BCUT2D eigenvalue weighted by Crippen LogP contribution is -2.34. The van der Waals surface area contributed by atoms with E-state index in [1.54, 1.807) is 23.5 Å². The van der Waals surface area contributed by atoms with E-state index in [9.17, 15) is 4.79 Å². The van der Waals surface area contributed by atoms with Gasteiger partial charge in [-0.15, -0.1) is 11.3 Å². The second-order valence-corrected chi connectivity index (χ2v) is 4.61. The summed E-state index contributed by atoms with van der Waals surface area (Å²) in [5.74, 6) is -0.141. The number of methoxy groups -OCH3 is 1. The van der Waals surface area contributed by atoms with Crippen LogP contribution >= 0.6 is 22.9 Å². The number of amides is 1. The Morgan fingerprint density at radius 3 is 2.94 bits per heavy atom. The molecule has 0 spiro atoms. The SMILES string of the molecule is COCCN(CCC#N)C(=O)c1sccc1Cl. The van der Waals surface area contributed by atoms with E-state index < -0.39 is 0 Å². The molecular weight excluding hydrogens is 260 g/mol. The summed E-state index contributed by atoms with van der Waals surface area (Å²) < 4.78 is 4.94.